The maximum atomic E-state index is 5.73. The van der Waals surface area contributed by atoms with Crippen LogP contribution in [0.1, 0.15) is 43.7 Å². The molecule has 2 N–H and O–H groups in total. The molecule has 0 aliphatic heterocycles. The largest absolute Gasteiger partial charge is 0.326 e. The van der Waals surface area contributed by atoms with Gasteiger partial charge in [-0.3, -0.25) is 0 Å². The summed E-state index contributed by atoms with van der Waals surface area (Å²) in [4.78, 5) is 0. The second kappa shape index (κ2) is 6.55. The minimum Gasteiger partial charge on any atom is -0.326 e. The van der Waals surface area contributed by atoms with Crippen LogP contribution in [0.3, 0.4) is 0 Å². The fourth-order valence-corrected chi connectivity index (χ4v) is 2.47. The van der Waals surface area contributed by atoms with Crippen LogP contribution in [0.25, 0.3) is 10.8 Å². The molecule has 0 aromatic heterocycles. The first-order valence-corrected chi connectivity index (χ1v) is 7.05. The molecule has 2 aromatic carbocycles. The van der Waals surface area contributed by atoms with E-state index in [4.69, 9.17) is 5.73 Å². The van der Waals surface area contributed by atoms with E-state index >= 15 is 0 Å². The Morgan fingerprint density at radius 2 is 1.89 bits per heavy atom. The highest BCUT2D eigenvalue weighted by Gasteiger charge is 2.02. The van der Waals surface area contributed by atoms with Gasteiger partial charge in [0.15, 0.2) is 0 Å². The van der Waals surface area contributed by atoms with Crippen LogP contribution < -0.4 is 5.73 Å². The lowest BCUT2D eigenvalue weighted by Gasteiger charge is -2.08. The van der Waals surface area contributed by atoms with Crippen molar-refractivity contribution in [1.29, 1.82) is 0 Å². The monoisotopic (exact) mass is 241 g/mol. The average molecular weight is 241 g/mol. The lowest BCUT2D eigenvalue weighted by Crippen LogP contribution is -1.96. The summed E-state index contributed by atoms with van der Waals surface area (Å²) in [5.74, 6) is 0. The first-order valence-electron chi connectivity index (χ1n) is 7.05. The average Bonchev–Trinajstić information content (AvgIpc) is 2.43. The van der Waals surface area contributed by atoms with E-state index in [-0.39, 0.29) is 0 Å². The van der Waals surface area contributed by atoms with Gasteiger partial charge >= 0.3 is 0 Å². The topological polar surface area (TPSA) is 26.0 Å². The van der Waals surface area contributed by atoms with E-state index in [0.717, 1.165) is 0 Å². The number of rotatable bonds is 6. The maximum absolute atomic E-state index is 5.73. The van der Waals surface area contributed by atoms with Gasteiger partial charge in [0, 0.05) is 6.54 Å². The van der Waals surface area contributed by atoms with Crippen LogP contribution in [0.15, 0.2) is 36.4 Å². The lowest BCUT2D eigenvalue weighted by atomic mass is 9.98. The van der Waals surface area contributed by atoms with Crippen molar-refractivity contribution in [1.82, 2.24) is 0 Å². The van der Waals surface area contributed by atoms with Gasteiger partial charge in [0.1, 0.15) is 0 Å². The van der Waals surface area contributed by atoms with Gasteiger partial charge in [-0.2, -0.15) is 0 Å². The van der Waals surface area contributed by atoms with Crippen LogP contribution in [0.2, 0.25) is 0 Å². The van der Waals surface area contributed by atoms with Crippen LogP contribution in [-0.2, 0) is 13.0 Å². The Labute approximate surface area is 110 Å². The first kappa shape index (κ1) is 13.1. The van der Waals surface area contributed by atoms with Gasteiger partial charge in [-0.05, 0) is 40.8 Å². The fraction of sp³-hybridized carbons (Fsp3) is 0.412. The van der Waals surface area contributed by atoms with Crippen molar-refractivity contribution in [2.75, 3.05) is 0 Å². The van der Waals surface area contributed by atoms with Crippen molar-refractivity contribution in [3.8, 4) is 0 Å². The Morgan fingerprint density at radius 1 is 1.00 bits per heavy atom. The molecule has 2 aromatic rings. The summed E-state index contributed by atoms with van der Waals surface area (Å²) in [5, 5.41) is 2.72. The summed E-state index contributed by atoms with van der Waals surface area (Å²) in [6, 6.07) is 13.2. The molecule has 0 saturated heterocycles. The summed E-state index contributed by atoms with van der Waals surface area (Å²) in [6.45, 7) is 2.88. The fourth-order valence-electron chi connectivity index (χ4n) is 2.47. The number of benzene rings is 2. The minimum absolute atomic E-state index is 0.625. The molecule has 0 radical (unpaired) electrons. The van der Waals surface area contributed by atoms with Crippen molar-refractivity contribution >= 4 is 10.8 Å². The van der Waals surface area contributed by atoms with Crippen molar-refractivity contribution < 1.29 is 0 Å². The molecule has 1 nitrogen and oxygen atoms in total. The van der Waals surface area contributed by atoms with Crippen molar-refractivity contribution in [3.05, 3.63) is 47.5 Å². The molecule has 1 heteroatoms. The molecular weight excluding hydrogens is 218 g/mol. The van der Waals surface area contributed by atoms with Gasteiger partial charge in [0.05, 0.1) is 0 Å². The van der Waals surface area contributed by atoms with Gasteiger partial charge in [-0.15, -0.1) is 0 Å². The summed E-state index contributed by atoms with van der Waals surface area (Å²) >= 11 is 0. The smallest absolute Gasteiger partial charge is 0.0178 e. The third-order valence-electron chi connectivity index (χ3n) is 3.57. The molecule has 0 saturated carbocycles. The molecule has 0 unspecified atom stereocenters. The Bertz CT molecular complexity index is 502. The van der Waals surface area contributed by atoms with Crippen LogP contribution in [0, 0.1) is 0 Å². The molecule has 0 heterocycles. The maximum Gasteiger partial charge on any atom is 0.0178 e. The van der Waals surface area contributed by atoms with Gasteiger partial charge in [-0.25, -0.2) is 0 Å². The van der Waals surface area contributed by atoms with E-state index in [1.54, 1.807) is 0 Å². The van der Waals surface area contributed by atoms with Crippen molar-refractivity contribution in [3.63, 3.8) is 0 Å². The van der Waals surface area contributed by atoms with E-state index in [2.05, 4.69) is 43.3 Å². The number of aryl methyl sites for hydroxylation is 1. The lowest BCUT2D eigenvalue weighted by molar-refractivity contribution is 0.668. The molecule has 0 aliphatic rings. The zero-order valence-electron chi connectivity index (χ0n) is 11.3. The molecule has 0 amide bonds. The van der Waals surface area contributed by atoms with Crippen LogP contribution in [0.4, 0.5) is 0 Å². The molecule has 18 heavy (non-hydrogen) atoms. The highest BCUT2D eigenvalue weighted by atomic mass is 14.5. The van der Waals surface area contributed by atoms with Gasteiger partial charge < -0.3 is 5.73 Å². The van der Waals surface area contributed by atoms with E-state index in [0.29, 0.717) is 6.54 Å². The number of fused-ring (bicyclic) bond motifs is 1. The van der Waals surface area contributed by atoms with E-state index < -0.39 is 0 Å². The highest BCUT2D eigenvalue weighted by molar-refractivity contribution is 5.86. The standard InChI is InChI=1S/C17H23N/c1-2-3-4-5-7-15-8-6-9-16-11-10-14(13-18)12-17(15)16/h6,8-12H,2-5,7,13,18H2,1H3. The van der Waals surface area contributed by atoms with E-state index in [1.807, 2.05) is 0 Å². The second-order valence-corrected chi connectivity index (χ2v) is 4.99. The quantitative estimate of drug-likeness (QED) is 0.744. The highest BCUT2D eigenvalue weighted by Crippen LogP contribution is 2.22. The van der Waals surface area contributed by atoms with Crippen LogP contribution >= 0.6 is 0 Å². The molecular formula is C17H23N. The molecule has 0 atom stereocenters. The number of unbranched alkanes of at least 4 members (excludes halogenated alkanes) is 3. The summed E-state index contributed by atoms with van der Waals surface area (Å²) < 4.78 is 0. The first-order chi connectivity index (χ1) is 8.85. The molecule has 0 spiro atoms. The van der Waals surface area contributed by atoms with Gasteiger partial charge in [0.2, 0.25) is 0 Å². The summed E-state index contributed by atoms with van der Waals surface area (Å²) in [6.07, 6.45) is 6.46. The summed E-state index contributed by atoms with van der Waals surface area (Å²) in [7, 11) is 0. The van der Waals surface area contributed by atoms with Crippen molar-refractivity contribution in [2.45, 2.75) is 45.6 Å². The van der Waals surface area contributed by atoms with Crippen LogP contribution in [-0.4, -0.2) is 0 Å². The minimum atomic E-state index is 0.625. The third kappa shape index (κ3) is 3.11. The Morgan fingerprint density at radius 3 is 2.67 bits per heavy atom. The number of hydrogen-bond donors (Lipinski definition) is 1. The van der Waals surface area contributed by atoms with Crippen LogP contribution in [0.5, 0.6) is 0 Å². The number of hydrogen-bond acceptors (Lipinski definition) is 1. The number of nitrogens with two attached hydrogens (primary N) is 1. The second-order valence-electron chi connectivity index (χ2n) is 4.99. The molecule has 0 fully saturated rings. The summed E-state index contributed by atoms with van der Waals surface area (Å²) in [5.41, 5.74) is 8.43. The molecule has 2 rings (SSSR count). The Kier molecular flexibility index (Phi) is 4.77. The molecule has 96 valence electrons. The zero-order chi connectivity index (χ0) is 12.8. The van der Waals surface area contributed by atoms with Gasteiger partial charge in [-0.1, -0.05) is 56.5 Å². The van der Waals surface area contributed by atoms with E-state index in [9.17, 15) is 0 Å². The van der Waals surface area contributed by atoms with Gasteiger partial charge in [0.25, 0.3) is 0 Å². The van der Waals surface area contributed by atoms with E-state index in [1.165, 1.54) is 54.0 Å². The Balaban J connectivity index is 2.20. The molecule has 0 aliphatic carbocycles. The Hall–Kier alpha value is -1.34. The van der Waals surface area contributed by atoms with Crippen molar-refractivity contribution in [2.24, 2.45) is 5.73 Å². The molecule has 0 bridgehead atoms. The SMILES string of the molecule is CCCCCCc1cccc2ccc(CN)cc12. The normalized spacial score (nSPS) is 11.0. The predicted octanol–water partition coefficient (Wildman–Crippen LogP) is 4.42. The predicted molar refractivity (Wildman–Crippen MR) is 79.7 cm³/mol. The third-order valence-corrected chi connectivity index (χ3v) is 3.57. The zero-order valence-corrected chi connectivity index (χ0v) is 11.3.